The van der Waals surface area contributed by atoms with Gasteiger partial charge in [-0.1, -0.05) is 0 Å². The summed E-state index contributed by atoms with van der Waals surface area (Å²) in [5.74, 6) is 0.174. The summed E-state index contributed by atoms with van der Waals surface area (Å²) in [5.41, 5.74) is 0. The Kier molecular flexibility index (Phi) is 1.72. The molecule has 50 valence electrons. The van der Waals surface area contributed by atoms with Crippen molar-refractivity contribution in [1.29, 1.82) is 0 Å². The zero-order chi connectivity index (χ0) is 6.69. The second kappa shape index (κ2) is 2.53. The smallest absolute Gasteiger partial charge is 0.224 e. The van der Waals surface area contributed by atoms with E-state index < -0.39 is 0 Å². The van der Waals surface area contributed by atoms with Crippen LogP contribution in [0, 0.1) is 0 Å². The Bertz CT molecular complexity index is 142. The Labute approximate surface area is 53.6 Å². The van der Waals surface area contributed by atoms with Crippen molar-refractivity contribution in [3.05, 3.63) is 12.3 Å². The normalized spacial score (nSPS) is 18.7. The van der Waals surface area contributed by atoms with E-state index in [9.17, 15) is 4.79 Å². The Morgan fingerprint density at radius 2 is 2.56 bits per heavy atom. The number of hydrogen-bond acceptors (Lipinski definition) is 2. The van der Waals surface area contributed by atoms with Gasteiger partial charge in [-0.3, -0.25) is 4.79 Å². The number of likely N-dealkylation sites (tertiary alicyclic amines) is 1. The summed E-state index contributed by atoms with van der Waals surface area (Å²) >= 11 is 0. The van der Waals surface area contributed by atoms with Crippen LogP contribution in [0.15, 0.2) is 12.3 Å². The molecule has 3 nitrogen and oxygen atoms in total. The molecule has 0 aromatic carbocycles. The van der Waals surface area contributed by atoms with Gasteiger partial charge in [-0.05, 0) is 6.08 Å². The average molecular weight is 127 g/mol. The van der Waals surface area contributed by atoms with Crippen LogP contribution >= 0.6 is 0 Å². The molecule has 0 unspecified atom stereocenters. The van der Waals surface area contributed by atoms with Gasteiger partial charge in [0.25, 0.3) is 0 Å². The van der Waals surface area contributed by atoms with Crippen LogP contribution in [0.4, 0.5) is 0 Å². The first-order chi connectivity index (χ1) is 4.34. The van der Waals surface area contributed by atoms with Gasteiger partial charge in [-0.25, -0.2) is 0 Å². The van der Waals surface area contributed by atoms with Crippen LogP contribution in [0.5, 0.6) is 0 Å². The Morgan fingerprint density at radius 1 is 1.78 bits per heavy atom. The molecule has 1 aliphatic heterocycles. The number of amides is 1. The van der Waals surface area contributed by atoms with Crippen molar-refractivity contribution >= 4 is 5.91 Å². The Balaban J connectivity index is 2.21. The van der Waals surface area contributed by atoms with Crippen molar-refractivity contribution in [2.75, 3.05) is 13.1 Å². The molecule has 1 fully saturated rings. The number of aliphatic hydroxyl groups is 1. The largest absolute Gasteiger partial charge is 0.516 e. The lowest BCUT2D eigenvalue weighted by Gasteiger charge is -2.28. The van der Waals surface area contributed by atoms with Crippen LogP contribution < -0.4 is 0 Å². The van der Waals surface area contributed by atoms with Gasteiger partial charge >= 0.3 is 0 Å². The van der Waals surface area contributed by atoms with Crippen molar-refractivity contribution in [3.8, 4) is 0 Å². The number of carbonyl (C=O) groups excluding carboxylic acids is 1. The standard InChI is InChI=1S/C6H9NO2/c8-5-1-3-7-4-2-6(7)9/h1,5,8H,2-4H2. The number of rotatable bonds is 2. The molecule has 9 heavy (non-hydrogen) atoms. The Hall–Kier alpha value is -0.990. The summed E-state index contributed by atoms with van der Waals surface area (Å²) < 4.78 is 0. The summed E-state index contributed by atoms with van der Waals surface area (Å²) in [4.78, 5) is 12.2. The minimum absolute atomic E-state index is 0.174. The molecule has 0 bridgehead atoms. The van der Waals surface area contributed by atoms with Crippen LogP contribution in [-0.2, 0) is 4.79 Å². The minimum Gasteiger partial charge on any atom is -0.516 e. The summed E-state index contributed by atoms with van der Waals surface area (Å²) in [7, 11) is 0. The van der Waals surface area contributed by atoms with Gasteiger partial charge in [-0.15, -0.1) is 0 Å². The molecule has 0 atom stereocenters. The fraction of sp³-hybridized carbons (Fsp3) is 0.500. The molecule has 1 saturated heterocycles. The van der Waals surface area contributed by atoms with Crippen molar-refractivity contribution in [1.82, 2.24) is 4.90 Å². The maximum absolute atomic E-state index is 10.5. The quantitative estimate of drug-likeness (QED) is 0.428. The highest BCUT2D eigenvalue weighted by Crippen LogP contribution is 2.06. The van der Waals surface area contributed by atoms with Crippen LogP contribution in [0.25, 0.3) is 0 Å². The van der Waals surface area contributed by atoms with Crippen LogP contribution in [0.2, 0.25) is 0 Å². The highest BCUT2D eigenvalue weighted by atomic mass is 16.2. The van der Waals surface area contributed by atoms with Gasteiger partial charge in [0.2, 0.25) is 5.91 Å². The van der Waals surface area contributed by atoms with Crippen LogP contribution in [0.3, 0.4) is 0 Å². The predicted molar refractivity (Wildman–Crippen MR) is 33.0 cm³/mol. The number of hydrogen-bond donors (Lipinski definition) is 1. The first-order valence-corrected chi connectivity index (χ1v) is 2.91. The van der Waals surface area contributed by atoms with E-state index >= 15 is 0 Å². The first-order valence-electron chi connectivity index (χ1n) is 2.91. The van der Waals surface area contributed by atoms with E-state index in [1.54, 1.807) is 11.0 Å². The average Bonchev–Trinajstić information content (AvgIpc) is 1.86. The van der Waals surface area contributed by atoms with E-state index in [0.717, 1.165) is 12.8 Å². The lowest BCUT2D eigenvalue weighted by atomic mass is 10.2. The van der Waals surface area contributed by atoms with Crippen molar-refractivity contribution in [2.45, 2.75) is 6.42 Å². The van der Waals surface area contributed by atoms with E-state index in [0.29, 0.717) is 13.0 Å². The molecule has 0 radical (unpaired) electrons. The second-order valence-corrected chi connectivity index (χ2v) is 1.97. The third-order valence-electron chi connectivity index (χ3n) is 1.38. The lowest BCUT2D eigenvalue weighted by Crippen LogP contribution is -2.43. The van der Waals surface area contributed by atoms with E-state index in [2.05, 4.69) is 0 Å². The minimum atomic E-state index is 0.174. The fourth-order valence-corrected chi connectivity index (χ4v) is 0.729. The van der Waals surface area contributed by atoms with Gasteiger partial charge in [0.15, 0.2) is 0 Å². The third kappa shape index (κ3) is 1.22. The van der Waals surface area contributed by atoms with Crippen LogP contribution in [-0.4, -0.2) is 29.0 Å². The maximum atomic E-state index is 10.5. The molecule has 1 amide bonds. The summed E-state index contributed by atoms with van der Waals surface area (Å²) in [6.07, 6.45) is 3.18. The molecule has 0 spiro atoms. The van der Waals surface area contributed by atoms with E-state index in [1.165, 1.54) is 0 Å². The molecule has 1 rings (SSSR count). The van der Waals surface area contributed by atoms with Gasteiger partial charge in [0.1, 0.15) is 0 Å². The van der Waals surface area contributed by atoms with Crippen molar-refractivity contribution in [2.24, 2.45) is 0 Å². The van der Waals surface area contributed by atoms with E-state index in [-0.39, 0.29) is 5.91 Å². The first kappa shape index (κ1) is 6.13. The van der Waals surface area contributed by atoms with Gasteiger partial charge in [0.05, 0.1) is 6.26 Å². The number of nitrogens with zero attached hydrogens (tertiary/aromatic N) is 1. The molecule has 1 N–H and O–H groups in total. The lowest BCUT2D eigenvalue weighted by molar-refractivity contribution is -0.138. The second-order valence-electron chi connectivity index (χ2n) is 1.97. The summed E-state index contributed by atoms with van der Waals surface area (Å²) in [5, 5.41) is 8.20. The van der Waals surface area contributed by atoms with Crippen molar-refractivity contribution in [3.63, 3.8) is 0 Å². The van der Waals surface area contributed by atoms with Crippen LogP contribution in [0.1, 0.15) is 6.42 Å². The molecule has 1 heterocycles. The van der Waals surface area contributed by atoms with Crippen molar-refractivity contribution < 1.29 is 9.90 Å². The zero-order valence-corrected chi connectivity index (χ0v) is 5.08. The fourth-order valence-electron chi connectivity index (χ4n) is 0.729. The number of aliphatic hydroxyl groups excluding tert-OH is 1. The molecule has 0 aliphatic carbocycles. The molecule has 0 aromatic rings. The zero-order valence-electron chi connectivity index (χ0n) is 5.08. The maximum Gasteiger partial charge on any atom is 0.224 e. The molecule has 0 saturated carbocycles. The van der Waals surface area contributed by atoms with Gasteiger partial charge < -0.3 is 10.0 Å². The monoisotopic (exact) mass is 127 g/mol. The summed E-state index contributed by atoms with van der Waals surface area (Å²) in [6.45, 7) is 1.39. The molecule has 0 aromatic heterocycles. The SMILES string of the molecule is O=C1CCN1CC=CO. The number of carbonyl (C=O) groups is 1. The van der Waals surface area contributed by atoms with E-state index in [4.69, 9.17) is 5.11 Å². The molecular weight excluding hydrogens is 118 g/mol. The van der Waals surface area contributed by atoms with Gasteiger partial charge in [0, 0.05) is 19.5 Å². The topological polar surface area (TPSA) is 40.5 Å². The number of β-lactam (4-membered cyclic amide) rings is 1. The Morgan fingerprint density at radius 3 is 2.89 bits per heavy atom. The molecular formula is C6H9NO2. The highest BCUT2D eigenvalue weighted by Gasteiger charge is 2.21. The summed E-state index contributed by atoms with van der Waals surface area (Å²) in [6, 6.07) is 0. The molecule has 3 heteroatoms. The van der Waals surface area contributed by atoms with Gasteiger partial charge in [-0.2, -0.15) is 0 Å². The molecule has 1 aliphatic rings. The third-order valence-corrected chi connectivity index (χ3v) is 1.38. The predicted octanol–water partition coefficient (Wildman–Crippen LogP) is 0.290. The highest BCUT2D eigenvalue weighted by molar-refractivity contribution is 5.81. The van der Waals surface area contributed by atoms with E-state index in [1.807, 2.05) is 0 Å².